The van der Waals surface area contributed by atoms with Gasteiger partial charge in [-0.2, -0.15) is 0 Å². The van der Waals surface area contributed by atoms with E-state index in [4.69, 9.17) is 0 Å². The molecule has 1 atom stereocenters. The van der Waals surface area contributed by atoms with Gasteiger partial charge in [0.1, 0.15) is 0 Å². The van der Waals surface area contributed by atoms with Crippen LogP contribution in [0.5, 0.6) is 0 Å². The van der Waals surface area contributed by atoms with Gasteiger partial charge in [-0.15, -0.1) is 0 Å². The summed E-state index contributed by atoms with van der Waals surface area (Å²) >= 11 is 0. The van der Waals surface area contributed by atoms with Gasteiger partial charge in [0.05, 0.1) is 11.7 Å². The summed E-state index contributed by atoms with van der Waals surface area (Å²) in [5, 5.41) is 6.26. The molecule has 0 radical (unpaired) electrons. The summed E-state index contributed by atoms with van der Waals surface area (Å²) in [5.74, 6) is 0.00421. The average Bonchev–Trinajstić information content (AvgIpc) is 2.50. The number of carbonyl (C=O) groups excluding carboxylic acids is 1. The Bertz CT molecular complexity index is 579. The Morgan fingerprint density at radius 1 is 1.00 bits per heavy atom. The fourth-order valence-electron chi connectivity index (χ4n) is 1.89. The zero-order chi connectivity index (χ0) is 15.2. The molecule has 1 heterocycles. The number of rotatable bonds is 5. The molecule has 0 spiro atoms. The number of anilines is 2. The lowest BCUT2D eigenvalue weighted by Crippen LogP contribution is -2.17. The number of carbonyl (C=O) groups is 1. The van der Waals surface area contributed by atoms with E-state index in [1.54, 1.807) is 6.20 Å². The van der Waals surface area contributed by atoms with Crippen LogP contribution in [0, 0.1) is 5.92 Å². The van der Waals surface area contributed by atoms with Crippen LogP contribution in [0.3, 0.4) is 0 Å². The molecule has 1 unspecified atom stereocenters. The van der Waals surface area contributed by atoms with Gasteiger partial charge in [0.25, 0.3) is 0 Å². The Morgan fingerprint density at radius 3 is 2.24 bits per heavy atom. The number of nitrogens with zero attached hydrogens (tertiary/aromatic N) is 1. The van der Waals surface area contributed by atoms with E-state index in [2.05, 4.69) is 22.5 Å². The lowest BCUT2D eigenvalue weighted by atomic mass is 10.2. The van der Waals surface area contributed by atoms with Crippen LogP contribution in [0.15, 0.2) is 48.7 Å². The van der Waals surface area contributed by atoms with Crippen molar-refractivity contribution >= 4 is 17.3 Å². The van der Waals surface area contributed by atoms with Crippen LogP contribution in [-0.2, 0) is 4.79 Å². The first kappa shape index (κ1) is 15.0. The largest absolute Gasteiger partial charge is 0.377 e. The summed E-state index contributed by atoms with van der Waals surface area (Å²) in [5.41, 5.74) is 2.80. The van der Waals surface area contributed by atoms with Crippen molar-refractivity contribution in [2.45, 2.75) is 26.8 Å². The van der Waals surface area contributed by atoms with Gasteiger partial charge in [0, 0.05) is 23.5 Å². The third-order valence-electron chi connectivity index (χ3n) is 3.19. The predicted molar refractivity (Wildman–Crippen MR) is 86.2 cm³/mol. The van der Waals surface area contributed by atoms with E-state index in [0.717, 1.165) is 17.1 Å². The lowest BCUT2D eigenvalue weighted by molar-refractivity contribution is -0.118. The zero-order valence-corrected chi connectivity index (χ0v) is 12.6. The van der Waals surface area contributed by atoms with Gasteiger partial charge in [-0.3, -0.25) is 9.78 Å². The van der Waals surface area contributed by atoms with Gasteiger partial charge < -0.3 is 10.6 Å². The summed E-state index contributed by atoms with van der Waals surface area (Å²) in [6, 6.07) is 13.7. The maximum absolute atomic E-state index is 11.6. The molecule has 0 aliphatic heterocycles. The summed E-state index contributed by atoms with van der Waals surface area (Å²) in [6.45, 7) is 5.82. The Hall–Kier alpha value is -2.36. The van der Waals surface area contributed by atoms with Crippen LogP contribution >= 0.6 is 0 Å². The fraction of sp³-hybridized carbons (Fsp3) is 0.294. The van der Waals surface area contributed by atoms with Gasteiger partial charge in [-0.1, -0.05) is 19.9 Å². The Balaban J connectivity index is 1.98. The molecule has 0 bridgehead atoms. The second-order valence-electron chi connectivity index (χ2n) is 5.34. The first-order valence-corrected chi connectivity index (χ1v) is 7.14. The zero-order valence-electron chi connectivity index (χ0n) is 12.6. The quantitative estimate of drug-likeness (QED) is 0.876. The van der Waals surface area contributed by atoms with Crippen molar-refractivity contribution in [3.05, 3.63) is 54.4 Å². The maximum atomic E-state index is 11.6. The predicted octanol–water partition coefficient (Wildman–Crippen LogP) is 3.85. The first-order valence-electron chi connectivity index (χ1n) is 7.14. The van der Waals surface area contributed by atoms with E-state index in [1.807, 2.05) is 56.3 Å². The SMILES string of the molecule is CC(C)C(=O)Nc1ccc(NC(C)c2ccccn2)cc1. The number of hydrogen-bond donors (Lipinski definition) is 2. The minimum absolute atomic E-state index is 0.0213. The molecular weight excluding hydrogens is 262 g/mol. The van der Waals surface area contributed by atoms with E-state index in [-0.39, 0.29) is 17.9 Å². The third kappa shape index (κ3) is 4.31. The first-order chi connectivity index (χ1) is 10.1. The van der Waals surface area contributed by atoms with E-state index in [9.17, 15) is 4.79 Å². The second kappa shape index (κ2) is 6.88. The van der Waals surface area contributed by atoms with Gasteiger partial charge in [-0.05, 0) is 43.3 Å². The molecule has 2 aromatic rings. The smallest absolute Gasteiger partial charge is 0.226 e. The normalized spacial score (nSPS) is 12.0. The molecule has 4 nitrogen and oxygen atoms in total. The van der Waals surface area contributed by atoms with Crippen molar-refractivity contribution in [2.75, 3.05) is 10.6 Å². The van der Waals surface area contributed by atoms with Crippen molar-refractivity contribution < 1.29 is 4.79 Å². The number of amides is 1. The lowest BCUT2D eigenvalue weighted by Gasteiger charge is -2.15. The fourth-order valence-corrected chi connectivity index (χ4v) is 1.89. The van der Waals surface area contributed by atoms with Crippen LogP contribution in [-0.4, -0.2) is 10.9 Å². The van der Waals surface area contributed by atoms with Gasteiger partial charge >= 0.3 is 0 Å². The minimum Gasteiger partial charge on any atom is -0.377 e. The van der Waals surface area contributed by atoms with E-state index < -0.39 is 0 Å². The number of pyridine rings is 1. The highest BCUT2D eigenvalue weighted by Crippen LogP contribution is 2.19. The molecule has 1 aromatic carbocycles. The minimum atomic E-state index is -0.0213. The molecule has 21 heavy (non-hydrogen) atoms. The molecule has 0 aliphatic rings. The van der Waals surface area contributed by atoms with E-state index in [0.29, 0.717) is 0 Å². The molecule has 2 rings (SSSR count). The Labute approximate surface area is 125 Å². The van der Waals surface area contributed by atoms with Crippen molar-refractivity contribution in [1.29, 1.82) is 0 Å². The molecule has 0 fully saturated rings. The highest BCUT2D eigenvalue weighted by molar-refractivity contribution is 5.92. The van der Waals surface area contributed by atoms with Crippen LogP contribution in [0.1, 0.15) is 32.5 Å². The molecule has 1 amide bonds. The Kier molecular flexibility index (Phi) is 4.93. The summed E-state index contributed by atoms with van der Waals surface area (Å²) in [4.78, 5) is 16.0. The summed E-state index contributed by atoms with van der Waals surface area (Å²) < 4.78 is 0. The molecule has 0 saturated heterocycles. The highest BCUT2D eigenvalue weighted by Gasteiger charge is 2.08. The highest BCUT2D eigenvalue weighted by atomic mass is 16.1. The topological polar surface area (TPSA) is 54.0 Å². The summed E-state index contributed by atoms with van der Waals surface area (Å²) in [6.07, 6.45) is 1.79. The van der Waals surface area contributed by atoms with Crippen molar-refractivity contribution in [3.8, 4) is 0 Å². The average molecular weight is 283 g/mol. The molecule has 0 saturated carbocycles. The molecular formula is C17H21N3O. The van der Waals surface area contributed by atoms with Gasteiger partial charge in [0.15, 0.2) is 0 Å². The molecule has 0 aliphatic carbocycles. The number of aromatic nitrogens is 1. The Morgan fingerprint density at radius 2 is 1.67 bits per heavy atom. The number of hydrogen-bond acceptors (Lipinski definition) is 3. The van der Waals surface area contributed by atoms with Gasteiger partial charge in [0.2, 0.25) is 5.91 Å². The number of nitrogens with one attached hydrogen (secondary N) is 2. The van der Waals surface area contributed by atoms with Crippen LogP contribution in [0.2, 0.25) is 0 Å². The summed E-state index contributed by atoms with van der Waals surface area (Å²) in [7, 11) is 0. The third-order valence-corrected chi connectivity index (χ3v) is 3.19. The van der Waals surface area contributed by atoms with E-state index >= 15 is 0 Å². The molecule has 1 aromatic heterocycles. The van der Waals surface area contributed by atoms with Gasteiger partial charge in [-0.25, -0.2) is 0 Å². The van der Waals surface area contributed by atoms with Crippen LogP contribution in [0.25, 0.3) is 0 Å². The molecule has 4 heteroatoms. The standard InChI is InChI=1S/C17H21N3O/c1-12(2)17(21)20-15-9-7-14(8-10-15)19-13(3)16-6-4-5-11-18-16/h4-13,19H,1-3H3,(H,20,21). The second-order valence-corrected chi connectivity index (χ2v) is 5.34. The maximum Gasteiger partial charge on any atom is 0.226 e. The number of benzene rings is 1. The van der Waals surface area contributed by atoms with Crippen molar-refractivity contribution in [3.63, 3.8) is 0 Å². The van der Waals surface area contributed by atoms with Crippen LogP contribution in [0.4, 0.5) is 11.4 Å². The molecule has 110 valence electrons. The monoisotopic (exact) mass is 283 g/mol. The van der Waals surface area contributed by atoms with Crippen molar-refractivity contribution in [1.82, 2.24) is 4.98 Å². The van der Waals surface area contributed by atoms with Crippen molar-refractivity contribution in [2.24, 2.45) is 5.92 Å². The molecule has 2 N–H and O–H groups in total. The van der Waals surface area contributed by atoms with E-state index in [1.165, 1.54) is 0 Å². The van der Waals surface area contributed by atoms with Crippen LogP contribution < -0.4 is 10.6 Å².